The molecule has 1 amide bonds. The van der Waals surface area contributed by atoms with Gasteiger partial charge in [0.1, 0.15) is 0 Å². The van der Waals surface area contributed by atoms with Gasteiger partial charge in [-0.2, -0.15) is 0 Å². The zero-order valence-corrected chi connectivity index (χ0v) is 12.6. The van der Waals surface area contributed by atoms with Crippen LogP contribution in [0, 0.1) is 0 Å². The van der Waals surface area contributed by atoms with Gasteiger partial charge in [0.25, 0.3) is 0 Å². The number of pyridine rings is 1. The van der Waals surface area contributed by atoms with Gasteiger partial charge in [-0.25, -0.2) is 0 Å². The minimum absolute atomic E-state index is 0.138. The highest BCUT2D eigenvalue weighted by Crippen LogP contribution is 2.34. The molecule has 1 aromatic rings. The number of nitrogens with one attached hydrogen (secondary N) is 2. The number of amides is 1. The Bertz CT molecular complexity index is 463. The van der Waals surface area contributed by atoms with Crippen LogP contribution in [0.15, 0.2) is 24.5 Å². The van der Waals surface area contributed by atoms with Crippen LogP contribution in [0.2, 0.25) is 0 Å². The second kappa shape index (κ2) is 6.56. The van der Waals surface area contributed by atoms with E-state index >= 15 is 0 Å². The predicted octanol–water partition coefficient (Wildman–Crippen LogP) is 2.20. The Hall–Kier alpha value is -1.42. The maximum absolute atomic E-state index is 12.2. The molecule has 0 radical (unpaired) electrons. The molecule has 2 aliphatic rings. The molecule has 2 N–H and O–H groups in total. The van der Waals surface area contributed by atoms with Gasteiger partial charge >= 0.3 is 0 Å². The molecule has 2 heterocycles. The van der Waals surface area contributed by atoms with Crippen LogP contribution >= 0.6 is 0 Å². The summed E-state index contributed by atoms with van der Waals surface area (Å²) in [4.78, 5) is 16.2. The van der Waals surface area contributed by atoms with Crippen LogP contribution in [0.4, 0.5) is 0 Å². The van der Waals surface area contributed by atoms with E-state index in [4.69, 9.17) is 0 Å². The number of hydrogen-bond donors (Lipinski definition) is 2. The predicted molar refractivity (Wildman–Crippen MR) is 82.9 cm³/mol. The number of carbonyl (C=O) groups is 1. The minimum Gasteiger partial charge on any atom is -0.353 e. The summed E-state index contributed by atoms with van der Waals surface area (Å²) in [6.45, 7) is 1.03. The molecule has 2 fully saturated rings. The van der Waals surface area contributed by atoms with Crippen molar-refractivity contribution in [1.29, 1.82) is 0 Å². The second-order valence-electron chi connectivity index (χ2n) is 6.56. The Morgan fingerprint density at radius 3 is 2.81 bits per heavy atom. The molecular formula is C17H25N3O. The van der Waals surface area contributed by atoms with E-state index < -0.39 is 0 Å². The van der Waals surface area contributed by atoms with Gasteiger partial charge in [-0.05, 0) is 49.9 Å². The Morgan fingerprint density at radius 1 is 1.29 bits per heavy atom. The van der Waals surface area contributed by atoms with Gasteiger partial charge in [0.05, 0.1) is 6.42 Å². The third-order valence-electron chi connectivity index (χ3n) is 4.92. The summed E-state index contributed by atoms with van der Waals surface area (Å²) in [7, 11) is 0. The number of nitrogens with zero attached hydrogens (tertiary/aromatic N) is 1. The first-order valence-electron chi connectivity index (χ1n) is 8.19. The van der Waals surface area contributed by atoms with Crippen molar-refractivity contribution in [3.63, 3.8) is 0 Å². The fraction of sp³-hybridized carbons (Fsp3) is 0.647. The lowest BCUT2D eigenvalue weighted by Gasteiger charge is -2.44. The summed E-state index contributed by atoms with van der Waals surface area (Å²) >= 11 is 0. The molecule has 1 atom stereocenters. The van der Waals surface area contributed by atoms with E-state index in [2.05, 4.69) is 15.6 Å². The molecule has 114 valence electrons. The first kappa shape index (κ1) is 14.5. The van der Waals surface area contributed by atoms with Gasteiger partial charge < -0.3 is 10.6 Å². The van der Waals surface area contributed by atoms with E-state index in [9.17, 15) is 4.79 Å². The van der Waals surface area contributed by atoms with Crippen LogP contribution < -0.4 is 10.6 Å². The Balaban J connectivity index is 1.53. The lowest BCUT2D eigenvalue weighted by molar-refractivity contribution is -0.121. The summed E-state index contributed by atoms with van der Waals surface area (Å²) < 4.78 is 0. The van der Waals surface area contributed by atoms with E-state index in [-0.39, 0.29) is 5.91 Å². The number of rotatable bonds is 3. The van der Waals surface area contributed by atoms with Crippen LogP contribution in [0.1, 0.15) is 50.5 Å². The third kappa shape index (κ3) is 3.82. The second-order valence-corrected chi connectivity index (χ2v) is 6.56. The highest BCUT2D eigenvalue weighted by molar-refractivity contribution is 5.78. The molecule has 1 unspecified atom stereocenters. The minimum atomic E-state index is 0.138. The van der Waals surface area contributed by atoms with Crippen LogP contribution in [0.5, 0.6) is 0 Å². The van der Waals surface area contributed by atoms with E-state index in [0.29, 0.717) is 18.0 Å². The van der Waals surface area contributed by atoms with Crippen LogP contribution in [-0.4, -0.2) is 29.0 Å². The molecule has 0 aromatic carbocycles. The van der Waals surface area contributed by atoms with Crippen LogP contribution in [0.25, 0.3) is 0 Å². The highest BCUT2D eigenvalue weighted by Gasteiger charge is 2.37. The molecule has 1 saturated heterocycles. The first-order chi connectivity index (χ1) is 10.3. The molecule has 0 bridgehead atoms. The average Bonchev–Trinajstić information content (AvgIpc) is 2.49. The molecule has 1 spiro atoms. The van der Waals surface area contributed by atoms with Crippen molar-refractivity contribution in [2.75, 3.05) is 6.54 Å². The molecule has 1 aliphatic heterocycles. The topological polar surface area (TPSA) is 54.0 Å². The maximum Gasteiger partial charge on any atom is 0.224 e. The number of piperidine rings is 1. The van der Waals surface area contributed by atoms with E-state index in [1.807, 2.05) is 12.1 Å². The van der Waals surface area contributed by atoms with Crippen molar-refractivity contribution >= 4 is 5.91 Å². The highest BCUT2D eigenvalue weighted by atomic mass is 16.1. The number of carbonyl (C=O) groups excluding carboxylic acids is 1. The lowest BCUT2D eigenvalue weighted by atomic mass is 9.75. The van der Waals surface area contributed by atoms with Crippen molar-refractivity contribution < 1.29 is 4.79 Å². The lowest BCUT2D eigenvalue weighted by Crippen LogP contribution is -2.57. The summed E-state index contributed by atoms with van der Waals surface area (Å²) in [6, 6.07) is 4.15. The van der Waals surface area contributed by atoms with Gasteiger partial charge in [-0.15, -0.1) is 0 Å². The molecule has 21 heavy (non-hydrogen) atoms. The molecule has 4 nitrogen and oxygen atoms in total. The van der Waals surface area contributed by atoms with Crippen molar-refractivity contribution in [3.8, 4) is 0 Å². The van der Waals surface area contributed by atoms with E-state index in [0.717, 1.165) is 24.9 Å². The monoisotopic (exact) mass is 287 g/mol. The van der Waals surface area contributed by atoms with Gasteiger partial charge in [-0.3, -0.25) is 9.78 Å². The van der Waals surface area contributed by atoms with Gasteiger partial charge in [-0.1, -0.05) is 19.3 Å². The standard InChI is InChI=1S/C17H25N3O/c21-16(12-14-4-9-18-10-5-14)20-15-6-11-19-17(13-15)7-2-1-3-8-17/h4-5,9-10,15,19H,1-3,6-8,11-13H2,(H,20,21). The van der Waals surface area contributed by atoms with Crippen molar-refractivity contribution in [1.82, 2.24) is 15.6 Å². The van der Waals surface area contributed by atoms with Gasteiger partial charge in [0, 0.05) is 24.0 Å². The Kier molecular flexibility index (Phi) is 4.54. The van der Waals surface area contributed by atoms with Crippen molar-refractivity contribution in [2.24, 2.45) is 0 Å². The molecule has 1 saturated carbocycles. The fourth-order valence-corrected chi connectivity index (χ4v) is 3.85. The molecule has 1 aliphatic carbocycles. The smallest absolute Gasteiger partial charge is 0.224 e. The largest absolute Gasteiger partial charge is 0.353 e. The summed E-state index contributed by atoms with van der Waals surface area (Å²) in [5.41, 5.74) is 1.33. The summed E-state index contributed by atoms with van der Waals surface area (Å²) in [5.74, 6) is 0.138. The van der Waals surface area contributed by atoms with Crippen LogP contribution in [0.3, 0.4) is 0 Å². The first-order valence-corrected chi connectivity index (χ1v) is 8.19. The Labute approximate surface area is 126 Å². The zero-order valence-electron chi connectivity index (χ0n) is 12.6. The SMILES string of the molecule is O=C(Cc1ccncc1)NC1CCNC2(CCCCC2)C1. The van der Waals surface area contributed by atoms with Gasteiger partial charge in [0.15, 0.2) is 0 Å². The van der Waals surface area contributed by atoms with Gasteiger partial charge in [0.2, 0.25) is 5.91 Å². The van der Waals surface area contributed by atoms with E-state index in [1.54, 1.807) is 12.4 Å². The normalized spacial score (nSPS) is 24.7. The molecule has 3 rings (SSSR count). The maximum atomic E-state index is 12.2. The number of aromatic nitrogens is 1. The third-order valence-corrected chi connectivity index (χ3v) is 4.92. The average molecular weight is 287 g/mol. The molecule has 4 heteroatoms. The fourth-order valence-electron chi connectivity index (χ4n) is 3.85. The molecular weight excluding hydrogens is 262 g/mol. The molecule has 1 aromatic heterocycles. The van der Waals surface area contributed by atoms with Crippen LogP contribution in [-0.2, 0) is 11.2 Å². The quantitative estimate of drug-likeness (QED) is 0.896. The van der Waals surface area contributed by atoms with Crippen molar-refractivity contribution in [2.45, 2.75) is 62.9 Å². The Morgan fingerprint density at radius 2 is 2.05 bits per heavy atom. The zero-order chi connectivity index (χ0) is 14.5. The summed E-state index contributed by atoms with van der Waals surface area (Å²) in [6.07, 6.45) is 12.6. The number of hydrogen-bond acceptors (Lipinski definition) is 3. The summed E-state index contributed by atoms with van der Waals surface area (Å²) in [5, 5.41) is 6.97. The van der Waals surface area contributed by atoms with Crippen molar-refractivity contribution in [3.05, 3.63) is 30.1 Å². The van der Waals surface area contributed by atoms with E-state index in [1.165, 1.54) is 32.1 Å².